The van der Waals surface area contributed by atoms with E-state index in [4.69, 9.17) is 9.84 Å². The summed E-state index contributed by atoms with van der Waals surface area (Å²) in [7, 11) is 0. The quantitative estimate of drug-likeness (QED) is 0.865. The summed E-state index contributed by atoms with van der Waals surface area (Å²) in [5.41, 5.74) is 0. The maximum absolute atomic E-state index is 10.6. The maximum atomic E-state index is 10.6. The molecular weight excluding hydrogens is 214 g/mol. The van der Waals surface area contributed by atoms with Crippen LogP contribution in [0.5, 0.6) is 10.8 Å². The SMILES string of the molecule is O=C(O)c1ccc(Oc2cccnc2)s1. The second-order valence-corrected chi connectivity index (χ2v) is 3.76. The van der Waals surface area contributed by atoms with Gasteiger partial charge in [0.05, 0.1) is 6.20 Å². The Labute approximate surface area is 89.8 Å². The molecule has 0 aliphatic heterocycles. The zero-order valence-electron chi connectivity index (χ0n) is 7.58. The summed E-state index contributed by atoms with van der Waals surface area (Å²) in [6.07, 6.45) is 3.21. The lowest BCUT2D eigenvalue weighted by Crippen LogP contribution is -1.89. The van der Waals surface area contributed by atoms with E-state index in [1.54, 1.807) is 30.6 Å². The van der Waals surface area contributed by atoms with E-state index in [0.29, 0.717) is 10.8 Å². The Balaban J connectivity index is 2.15. The summed E-state index contributed by atoms with van der Waals surface area (Å²) in [6.45, 7) is 0. The van der Waals surface area contributed by atoms with E-state index in [2.05, 4.69) is 4.98 Å². The van der Waals surface area contributed by atoms with Crippen LogP contribution >= 0.6 is 11.3 Å². The Kier molecular flexibility index (Phi) is 2.64. The molecule has 76 valence electrons. The number of ether oxygens (including phenoxy) is 1. The number of hydrogen-bond acceptors (Lipinski definition) is 4. The van der Waals surface area contributed by atoms with E-state index in [1.165, 1.54) is 6.07 Å². The Morgan fingerprint density at radius 3 is 2.87 bits per heavy atom. The summed E-state index contributed by atoms with van der Waals surface area (Å²) in [5, 5.41) is 9.25. The van der Waals surface area contributed by atoms with Gasteiger partial charge in [0.2, 0.25) is 0 Å². The topological polar surface area (TPSA) is 59.4 Å². The molecule has 15 heavy (non-hydrogen) atoms. The van der Waals surface area contributed by atoms with Crippen molar-refractivity contribution in [2.24, 2.45) is 0 Å². The van der Waals surface area contributed by atoms with Crippen LogP contribution in [-0.4, -0.2) is 16.1 Å². The number of carboxylic acids is 1. The standard InChI is InChI=1S/C10H7NO3S/c12-10(13)8-3-4-9(15-8)14-7-2-1-5-11-6-7/h1-6H,(H,12,13). The van der Waals surface area contributed by atoms with Crippen LogP contribution in [0.2, 0.25) is 0 Å². The Bertz CT molecular complexity index is 467. The predicted octanol–water partition coefficient (Wildman–Crippen LogP) is 2.63. The zero-order chi connectivity index (χ0) is 10.7. The molecule has 0 unspecified atom stereocenters. The van der Waals surface area contributed by atoms with Gasteiger partial charge in [0.15, 0.2) is 5.06 Å². The second kappa shape index (κ2) is 4.10. The molecular formula is C10H7NO3S. The third-order valence-corrected chi connectivity index (χ3v) is 2.60. The molecule has 0 aliphatic carbocycles. The highest BCUT2D eigenvalue weighted by atomic mass is 32.1. The van der Waals surface area contributed by atoms with Crippen LogP contribution in [0.3, 0.4) is 0 Å². The molecule has 0 bridgehead atoms. The summed E-state index contributed by atoms with van der Waals surface area (Å²) >= 11 is 1.09. The van der Waals surface area contributed by atoms with E-state index in [9.17, 15) is 4.79 Å². The van der Waals surface area contributed by atoms with Crippen molar-refractivity contribution in [2.45, 2.75) is 0 Å². The van der Waals surface area contributed by atoms with Crippen LogP contribution in [0.25, 0.3) is 0 Å². The van der Waals surface area contributed by atoms with Gasteiger partial charge in [-0.1, -0.05) is 11.3 Å². The van der Waals surface area contributed by atoms with Crippen molar-refractivity contribution in [1.82, 2.24) is 4.98 Å². The predicted molar refractivity (Wildman–Crippen MR) is 55.6 cm³/mol. The Morgan fingerprint density at radius 1 is 1.40 bits per heavy atom. The van der Waals surface area contributed by atoms with E-state index < -0.39 is 5.97 Å². The van der Waals surface area contributed by atoms with Gasteiger partial charge in [0.25, 0.3) is 0 Å². The van der Waals surface area contributed by atoms with Gasteiger partial charge < -0.3 is 9.84 Å². The number of carbonyl (C=O) groups is 1. The molecule has 2 heterocycles. The minimum absolute atomic E-state index is 0.258. The largest absolute Gasteiger partial charge is 0.477 e. The molecule has 1 N–H and O–H groups in total. The molecule has 0 saturated heterocycles. The fourth-order valence-electron chi connectivity index (χ4n) is 1.01. The first-order chi connectivity index (χ1) is 7.25. The highest BCUT2D eigenvalue weighted by Crippen LogP contribution is 2.28. The second-order valence-electron chi connectivity index (χ2n) is 2.71. The molecule has 0 aromatic carbocycles. The van der Waals surface area contributed by atoms with Crippen molar-refractivity contribution in [3.05, 3.63) is 41.5 Å². The van der Waals surface area contributed by atoms with Crippen molar-refractivity contribution < 1.29 is 14.6 Å². The van der Waals surface area contributed by atoms with Crippen molar-refractivity contribution in [2.75, 3.05) is 0 Å². The maximum Gasteiger partial charge on any atom is 0.345 e. The van der Waals surface area contributed by atoms with Gasteiger partial charge in [-0.05, 0) is 24.3 Å². The van der Waals surface area contributed by atoms with Gasteiger partial charge in [-0.2, -0.15) is 0 Å². The van der Waals surface area contributed by atoms with E-state index in [1.807, 2.05) is 0 Å². The van der Waals surface area contributed by atoms with Crippen LogP contribution in [0.4, 0.5) is 0 Å². The third kappa shape index (κ3) is 2.32. The van der Waals surface area contributed by atoms with Crippen LogP contribution in [0.1, 0.15) is 9.67 Å². The van der Waals surface area contributed by atoms with Gasteiger partial charge in [-0.25, -0.2) is 4.79 Å². The van der Waals surface area contributed by atoms with Gasteiger partial charge in [0, 0.05) is 6.20 Å². The van der Waals surface area contributed by atoms with Gasteiger partial charge in [-0.15, -0.1) is 0 Å². The molecule has 2 aromatic heterocycles. The number of aromatic carboxylic acids is 1. The summed E-state index contributed by atoms with van der Waals surface area (Å²) < 4.78 is 5.40. The Morgan fingerprint density at radius 2 is 2.27 bits per heavy atom. The average Bonchev–Trinajstić information content (AvgIpc) is 2.68. The minimum Gasteiger partial charge on any atom is -0.477 e. The van der Waals surface area contributed by atoms with Crippen LogP contribution < -0.4 is 4.74 Å². The molecule has 5 heteroatoms. The molecule has 0 spiro atoms. The van der Waals surface area contributed by atoms with E-state index in [-0.39, 0.29) is 4.88 Å². The monoisotopic (exact) mass is 221 g/mol. The lowest BCUT2D eigenvalue weighted by molar-refractivity contribution is 0.0702. The van der Waals surface area contributed by atoms with Crippen LogP contribution in [0, 0.1) is 0 Å². The van der Waals surface area contributed by atoms with E-state index in [0.717, 1.165) is 11.3 Å². The minimum atomic E-state index is -0.943. The van der Waals surface area contributed by atoms with Crippen molar-refractivity contribution in [3.8, 4) is 10.8 Å². The van der Waals surface area contributed by atoms with Gasteiger partial charge >= 0.3 is 5.97 Å². The van der Waals surface area contributed by atoms with Crippen LogP contribution in [0.15, 0.2) is 36.7 Å². The first kappa shape index (κ1) is 9.67. The van der Waals surface area contributed by atoms with Gasteiger partial charge in [-0.3, -0.25) is 4.98 Å². The van der Waals surface area contributed by atoms with Gasteiger partial charge in [0.1, 0.15) is 10.6 Å². The molecule has 0 atom stereocenters. The fourth-order valence-corrected chi connectivity index (χ4v) is 1.73. The Hall–Kier alpha value is -1.88. The number of rotatable bonds is 3. The molecule has 0 saturated carbocycles. The van der Waals surface area contributed by atoms with E-state index >= 15 is 0 Å². The highest BCUT2D eigenvalue weighted by molar-refractivity contribution is 7.15. The lowest BCUT2D eigenvalue weighted by atomic mass is 10.4. The molecule has 2 aromatic rings. The number of nitrogens with zero attached hydrogens (tertiary/aromatic N) is 1. The van der Waals surface area contributed by atoms with Crippen molar-refractivity contribution >= 4 is 17.3 Å². The smallest absolute Gasteiger partial charge is 0.345 e. The summed E-state index contributed by atoms with van der Waals surface area (Å²) in [4.78, 5) is 14.8. The highest BCUT2D eigenvalue weighted by Gasteiger charge is 2.07. The normalized spacial score (nSPS) is 9.87. The van der Waals surface area contributed by atoms with Crippen molar-refractivity contribution in [1.29, 1.82) is 0 Å². The van der Waals surface area contributed by atoms with Crippen molar-refractivity contribution in [3.63, 3.8) is 0 Å². The molecule has 0 amide bonds. The molecule has 0 aliphatic rings. The number of carboxylic acid groups (broad SMARTS) is 1. The average molecular weight is 221 g/mol. The molecule has 2 rings (SSSR count). The lowest BCUT2D eigenvalue weighted by Gasteiger charge is -1.99. The number of pyridine rings is 1. The summed E-state index contributed by atoms with van der Waals surface area (Å²) in [6, 6.07) is 6.65. The number of hydrogen-bond donors (Lipinski definition) is 1. The number of aromatic nitrogens is 1. The number of thiophene rings is 1. The first-order valence-electron chi connectivity index (χ1n) is 4.17. The first-order valence-corrected chi connectivity index (χ1v) is 4.98. The molecule has 0 radical (unpaired) electrons. The molecule has 0 fully saturated rings. The fraction of sp³-hybridized carbons (Fsp3) is 0. The third-order valence-electron chi connectivity index (χ3n) is 1.64. The molecule has 4 nitrogen and oxygen atoms in total. The van der Waals surface area contributed by atoms with Crippen LogP contribution in [-0.2, 0) is 0 Å². The summed E-state index contributed by atoms with van der Waals surface area (Å²) in [5.74, 6) is -0.350. The zero-order valence-corrected chi connectivity index (χ0v) is 8.40.